The SMILES string of the molecule is CCC1(CO)COC(Cc2ccccc2)OC1. The van der Waals surface area contributed by atoms with Crippen molar-refractivity contribution in [2.24, 2.45) is 5.41 Å². The lowest BCUT2D eigenvalue weighted by molar-refractivity contribution is -0.236. The van der Waals surface area contributed by atoms with Crippen LogP contribution in [0.25, 0.3) is 0 Å². The summed E-state index contributed by atoms with van der Waals surface area (Å²) in [5.41, 5.74) is 1.01. The molecule has 1 aromatic rings. The van der Waals surface area contributed by atoms with Gasteiger partial charge in [-0.3, -0.25) is 0 Å². The number of benzene rings is 1. The van der Waals surface area contributed by atoms with Gasteiger partial charge in [0, 0.05) is 11.8 Å². The molecule has 3 heteroatoms. The molecule has 0 radical (unpaired) electrons. The van der Waals surface area contributed by atoms with E-state index in [-0.39, 0.29) is 18.3 Å². The lowest BCUT2D eigenvalue weighted by Crippen LogP contribution is -2.44. The number of hydrogen-bond donors (Lipinski definition) is 1. The molecule has 2 rings (SSSR count). The Kier molecular flexibility index (Phi) is 4.15. The van der Waals surface area contributed by atoms with Crippen LogP contribution in [0.15, 0.2) is 30.3 Å². The molecule has 1 aliphatic heterocycles. The Balaban J connectivity index is 1.87. The first-order valence-electron chi connectivity index (χ1n) is 6.16. The van der Waals surface area contributed by atoms with Crippen LogP contribution in [0.5, 0.6) is 0 Å². The topological polar surface area (TPSA) is 38.7 Å². The van der Waals surface area contributed by atoms with E-state index >= 15 is 0 Å². The van der Waals surface area contributed by atoms with Gasteiger partial charge in [-0.05, 0) is 12.0 Å². The summed E-state index contributed by atoms with van der Waals surface area (Å²) in [7, 11) is 0. The van der Waals surface area contributed by atoms with Gasteiger partial charge in [0.15, 0.2) is 6.29 Å². The zero-order valence-corrected chi connectivity index (χ0v) is 10.3. The molecule has 17 heavy (non-hydrogen) atoms. The molecule has 0 atom stereocenters. The fraction of sp³-hybridized carbons (Fsp3) is 0.571. The molecule has 3 nitrogen and oxygen atoms in total. The van der Waals surface area contributed by atoms with Gasteiger partial charge in [0.05, 0.1) is 19.8 Å². The van der Waals surface area contributed by atoms with Crippen LogP contribution in [0, 0.1) is 5.41 Å². The molecule has 94 valence electrons. The first-order valence-corrected chi connectivity index (χ1v) is 6.16. The maximum absolute atomic E-state index is 9.36. The molecule has 0 bridgehead atoms. The number of aliphatic hydroxyl groups is 1. The van der Waals surface area contributed by atoms with E-state index in [1.165, 1.54) is 5.56 Å². The van der Waals surface area contributed by atoms with E-state index < -0.39 is 0 Å². The second kappa shape index (κ2) is 5.63. The van der Waals surface area contributed by atoms with E-state index in [2.05, 4.69) is 19.1 Å². The Morgan fingerprint density at radius 2 is 1.88 bits per heavy atom. The van der Waals surface area contributed by atoms with Crippen LogP contribution < -0.4 is 0 Å². The van der Waals surface area contributed by atoms with E-state index in [1.807, 2.05) is 18.2 Å². The van der Waals surface area contributed by atoms with Crippen molar-refractivity contribution in [1.82, 2.24) is 0 Å². The van der Waals surface area contributed by atoms with Gasteiger partial charge < -0.3 is 14.6 Å². The van der Waals surface area contributed by atoms with Crippen LogP contribution in [0.2, 0.25) is 0 Å². The average Bonchev–Trinajstić information content (AvgIpc) is 2.41. The van der Waals surface area contributed by atoms with Crippen molar-refractivity contribution in [2.75, 3.05) is 19.8 Å². The molecule has 1 saturated heterocycles. The largest absolute Gasteiger partial charge is 0.396 e. The molecule has 0 aliphatic carbocycles. The normalized spacial score (nSPS) is 29.2. The van der Waals surface area contributed by atoms with Crippen LogP contribution in [-0.4, -0.2) is 31.2 Å². The molecule has 1 fully saturated rings. The Morgan fingerprint density at radius 3 is 2.41 bits per heavy atom. The standard InChI is InChI=1S/C14H20O3/c1-2-14(9-15)10-16-13(17-11-14)8-12-6-4-3-5-7-12/h3-7,13,15H,2,8-11H2,1H3. The Morgan fingerprint density at radius 1 is 1.24 bits per heavy atom. The number of hydrogen-bond acceptors (Lipinski definition) is 3. The van der Waals surface area contributed by atoms with E-state index in [9.17, 15) is 5.11 Å². The molecule has 1 aromatic carbocycles. The van der Waals surface area contributed by atoms with Gasteiger partial charge in [-0.15, -0.1) is 0 Å². The van der Waals surface area contributed by atoms with Gasteiger partial charge in [0.25, 0.3) is 0 Å². The number of aliphatic hydroxyl groups excluding tert-OH is 1. The summed E-state index contributed by atoms with van der Waals surface area (Å²) in [6.07, 6.45) is 1.47. The van der Waals surface area contributed by atoms with Crippen LogP contribution in [-0.2, 0) is 15.9 Å². The highest BCUT2D eigenvalue weighted by Crippen LogP contribution is 2.28. The molecule has 0 spiro atoms. The van der Waals surface area contributed by atoms with Crippen molar-refractivity contribution >= 4 is 0 Å². The van der Waals surface area contributed by atoms with Crippen molar-refractivity contribution in [3.05, 3.63) is 35.9 Å². The van der Waals surface area contributed by atoms with Crippen molar-refractivity contribution in [3.63, 3.8) is 0 Å². The maximum Gasteiger partial charge on any atom is 0.161 e. The molecule has 1 heterocycles. The first kappa shape index (κ1) is 12.6. The second-order valence-corrected chi connectivity index (χ2v) is 4.75. The molecular weight excluding hydrogens is 216 g/mol. The summed E-state index contributed by atoms with van der Waals surface area (Å²) in [4.78, 5) is 0. The first-order chi connectivity index (χ1) is 8.28. The summed E-state index contributed by atoms with van der Waals surface area (Å²) in [6.45, 7) is 3.34. The highest BCUT2D eigenvalue weighted by Gasteiger charge is 2.34. The minimum atomic E-state index is -0.201. The van der Waals surface area contributed by atoms with Gasteiger partial charge >= 0.3 is 0 Å². The Labute approximate surface area is 102 Å². The summed E-state index contributed by atoms with van der Waals surface area (Å²) >= 11 is 0. The second-order valence-electron chi connectivity index (χ2n) is 4.75. The Hall–Kier alpha value is -0.900. The summed E-state index contributed by atoms with van der Waals surface area (Å²) in [6, 6.07) is 10.2. The quantitative estimate of drug-likeness (QED) is 0.869. The number of ether oxygens (including phenoxy) is 2. The van der Waals surface area contributed by atoms with E-state index in [4.69, 9.17) is 9.47 Å². The van der Waals surface area contributed by atoms with E-state index in [0.29, 0.717) is 13.2 Å². The van der Waals surface area contributed by atoms with Crippen LogP contribution in [0.4, 0.5) is 0 Å². The summed E-state index contributed by atoms with van der Waals surface area (Å²) in [5, 5.41) is 9.36. The molecule has 1 aliphatic rings. The van der Waals surface area contributed by atoms with E-state index in [1.54, 1.807) is 0 Å². The van der Waals surface area contributed by atoms with Gasteiger partial charge in [-0.2, -0.15) is 0 Å². The van der Waals surface area contributed by atoms with E-state index in [0.717, 1.165) is 12.8 Å². The fourth-order valence-electron chi connectivity index (χ4n) is 1.96. The van der Waals surface area contributed by atoms with Crippen LogP contribution in [0.3, 0.4) is 0 Å². The zero-order valence-electron chi connectivity index (χ0n) is 10.3. The molecule has 1 N–H and O–H groups in total. The third kappa shape index (κ3) is 3.06. The van der Waals surface area contributed by atoms with Crippen LogP contribution >= 0.6 is 0 Å². The predicted octanol–water partition coefficient (Wildman–Crippen LogP) is 1.99. The lowest BCUT2D eigenvalue weighted by atomic mass is 9.87. The van der Waals surface area contributed by atoms with Crippen molar-refractivity contribution in [1.29, 1.82) is 0 Å². The van der Waals surface area contributed by atoms with Crippen LogP contribution in [0.1, 0.15) is 18.9 Å². The average molecular weight is 236 g/mol. The van der Waals surface area contributed by atoms with Gasteiger partial charge in [0.1, 0.15) is 0 Å². The van der Waals surface area contributed by atoms with Gasteiger partial charge in [-0.1, -0.05) is 37.3 Å². The van der Waals surface area contributed by atoms with Gasteiger partial charge in [-0.25, -0.2) is 0 Å². The summed E-state index contributed by atoms with van der Waals surface area (Å²) < 4.78 is 11.4. The third-order valence-electron chi connectivity index (χ3n) is 3.48. The number of rotatable bonds is 4. The molecule has 0 saturated carbocycles. The molecule has 0 amide bonds. The fourth-order valence-corrected chi connectivity index (χ4v) is 1.96. The van der Waals surface area contributed by atoms with Crippen molar-refractivity contribution in [2.45, 2.75) is 26.1 Å². The highest BCUT2D eigenvalue weighted by molar-refractivity contribution is 5.15. The lowest BCUT2D eigenvalue weighted by Gasteiger charge is -2.38. The third-order valence-corrected chi connectivity index (χ3v) is 3.48. The maximum atomic E-state index is 9.36. The molecule has 0 aromatic heterocycles. The highest BCUT2D eigenvalue weighted by atomic mass is 16.7. The van der Waals surface area contributed by atoms with Gasteiger partial charge in [0.2, 0.25) is 0 Å². The summed E-state index contributed by atoms with van der Waals surface area (Å²) in [5.74, 6) is 0. The minimum absolute atomic E-state index is 0.127. The monoisotopic (exact) mass is 236 g/mol. The van der Waals surface area contributed by atoms with Crippen molar-refractivity contribution < 1.29 is 14.6 Å². The molecule has 0 unspecified atom stereocenters. The predicted molar refractivity (Wildman–Crippen MR) is 65.6 cm³/mol. The molecular formula is C14H20O3. The van der Waals surface area contributed by atoms with Crippen molar-refractivity contribution in [3.8, 4) is 0 Å². The zero-order chi connectivity index (χ0) is 12.1. The smallest absolute Gasteiger partial charge is 0.161 e. The Bertz CT molecular complexity index is 323. The minimum Gasteiger partial charge on any atom is -0.396 e.